The van der Waals surface area contributed by atoms with Gasteiger partial charge in [0.1, 0.15) is 22.6 Å². The summed E-state index contributed by atoms with van der Waals surface area (Å²) >= 11 is -1.78. The van der Waals surface area contributed by atoms with Crippen LogP contribution in [0, 0.1) is 5.82 Å². The molecule has 1 rings (SSSR count). The number of nitrogens with zero attached hydrogens (tertiary/aromatic N) is 1. The Morgan fingerprint density at radius 1 is 1.48 bits per heavy atom. The zero-order valence-electron chi connectivity index (χ0n) is 10.7. The van der Waals surface area contributed by atoms with E-state index in [2.05, 4.69) is 11.0 Å². The fourth-order valence-electron chi connectivity index (χ4n) is 1.30. The number of hydrogen-bond donors (Lipinski definition) is 1. The highest BCUT2D eigenvalue weighted by Gasteiger charge is 2.38. The van der Waals surface area contributed by atoms with E-state index in [0.29, 0.717) is 0 Å². The summed E-state index contributed by atoms with van der Waals surface area (Å²) < 4.78 is 64.8. The topological polar surface area (TPSA) is 64.5 Å². The number of benzene rings is 1. The first-order valence-electron chi connectivity index (χ1n) is 5.41. The summed E-state index contributed by atoms with van der Waals surface area (Å²) in [6.45, 7) is 4.56. The van der Waals surface area contributed by atoms with Crippen molar-refractivity contribution in [2.24, 2.45) is 4.40 Å². The third-order valence-electron chi connectivity index (χ3n) is 2.24. The smallest absolute Gasteiger partial charge is 0.471 e. The second kappa shape index (κ2) is 6.72. The number of alkyl halides is 3. The second-order valence-electron chi connectivity index (χ2n) is 3.77. The average molecular weight is 322 g/mol. The predicted octanol–water partition coefficient (Wildman–Crippen LogP) is 2.94. The summed E-state index contributed by atoms with van der Waals surface area (Å²) in [5.74, 6) is -2.95. The van der Waals surface area contributed by atoms with Crippen LogP contribution in [0.3, 0.4) is 0 Å². The van der Waals surface area contributed by atoms with Gasteiger partial charge in [0.2, 0.25) is 0 Å². The highest BCUT2D eigenvalue weighted by Crippen LogP contribution is 2.21. The highest BCUT2D eigenvalue weighted by atomic mass is 32.2. The lowest BCUT2D eigenvalue weighted by atomic mass is 10.1. The van der Waals surface area contributed by atoms with Crippen molar-refractivity contribution in [1.82, 2.24) is 0 Å². The van der Waals surface area contributed by atoms with Gasteiger partial charge in [0.15, 0.2) is 0 Å². The molecule has 0 unspecified atom stereocenters. The van der Waals surface area contributed by atoms with Crippen LogP contribution >= 0.6 is 0 Å². The number of hydrogen-bond acceptors (Lipinski definition) is 3. The summed E-state index contributed by atoms with van der Waals surface area (Å²) in [7, 11) is 0. The van der Waals surface area contributed by atoms with E-state index in [4.69, 9.17) is 0 Å². The molecule has 1 N–H and O–H groups in total. The SMILES string of the molecule is C=C[S@@+]([O-])/N=C(\C)c1cc(NC(=O)C(F)(F)F)ccc1F. The van der Waals surface area contributed by atoms with Crippen molar-refractivity contribution in [3.63, 3.8) is 0 Å². The third kappa shape index (κ3) is 4.87. The minimum Gasteiger partial charge on any atom is -0.587 e. The Hall–Kier alpha value is -1.87. The fourth-order valence-corrected chi connectivity index (χ4v) is 1.75. The summed E-state index contributed by atoms with van der Waals surface area (Å²) in [6, 6.07) is 2.81. The number of carbonyl (C=O) groups excluding carboxylic acids is 1. The van der Waals surface area contributed by atoms with Crippen molar-refractivity contribution in [2.75, 3.05) is 5.32 Å². The number of nitrogens with one attached hydrogen (secondary N) is 1. The lowest BCUT2D eigenvalue weighted by Crippen LogP contribution is -2.30. The Bertz CT molecular complexity index is 587. The Morgan fingerprint density at radius 2 is 2.10 bits per heavy atom. The van der Waals surface area contributed by atoms with Gasteiger partial charge in [-0.15, -0.1) is 0 Å². The summed E-state index contributed by atoms with van der Waals surface area (Å²) in [5, 5.41) is 2.60. The average Bonchev–Trinajstić information content (AvgIpc) is 2.39. The van der Waals surface area contributed by atoms with Gasteiger partial charge in [-0.3, -0.25) is 4.79 Å². The Labute approximate surface area is 120 Å². The van der Waals surface area contributed by atoms with Gasteiger partial charge >= 0.3 is 12.1 Å². The molecule has 1 aromatic rings. The molecule has 0 aliphatic rings. The number of amides is 1. The predicted molar refractivity (Wildman–Crippen MR) is 71.6 cm³/mol. The monoisotopic (exact) mass is 322 g/mol. The highest BCUT2D eigenvalue weighted by molar-refractivity contribution is 7.93. The van der Waals surface area contributed by atoms with Crippen LogP contribution in [-0.2, 0) is 16.2 Å². The van der Waals surface area contributed by atoms with Crippen LogP contribution in [0.5, 0.6) is 0 Å². The van der Waals surface area contributed by atoms with Crippen molar-refractivity contribution in [2.45, 2.75) is 13.1 Å². The molecule has 0 bridgehead atoms. The summed E-state index contributed by atoms with van der Waals surface area (Å²) in [6.07, 6.45) is -5.05. The van der Waals surface area contributed by atoms with Crippen molar-refractivity contribution in [3.05, 3.63) is 41.6 Å². The molecule has 4 nitrogen and oxygen atoms in total. The second-order valence-corrected chi connectivity index (χ2v) is 4.83. The van der Waals surface area contributed by atoms with Gasteiger partial charge in [-0.2, -0.15) is 13.2 Å². The van der Waals surface area contributed by atoms with Gasteiger partial charge < -0.3 is 9.87 Å². The molecular formula is C12H10F4N2O2S. The van der Waals surface area contributed by atoms with Crippen LogP contribution in [0.2, 0.25) is 0 Å². The van der Waals surface area contributed by atoms with Crippen LogP contribution in [0.4, 0.5) is 23.2 Å². The van der Waals surface area contributed by atoms with Crippen molar-refractivity contribution < 1.29 is 26.9 Å². The van der Waals surface area contributed by atoms with E-state index in [0.717, 1.165) is 23.6 Å². The zero-order valence-corrected chi connectivity index (χ0v) is 11.5. The maximum Gasteiger partial charge on any atom is 0.471 e. The van der Waals surface area contributed by atoms with Crippen LogP contribution in [0.15, 0.2) is 34.6 Å². The molecule has 0 saturated carbocycles. The lowest BCUT2D eigenvalue weighted by molar-refractivity contribution is -0.167. The third-order valence-corrected chi connectivity index (χ3v) is 2.98. The summed E-state index contributed by atoms with van der Waals surface area (Å²) in [4.78, 5) is 10.8. The molecule has 21 heavy (non-hydrogen) atoms. The van der Waals surface area contributed by atoms with Crippen molar-refractivity contribution in [3.8, 4) is 0 Å². The van der Waals surface area contributed by atoms with Crippen molar-refractivity contribution >= 4 is 28.7 Å². The molecule has 0 saturated heterocycles. The standard InChI is InChI=1S/C12H10F4N2O2S/c1-3-21(20)18-7(2)9-6-8(4-5-10(9)13)17-11(19)12(14,15)16/h3-6H,1H2,2H3,(H,17,19)/b18-7+/t21-/m1/s1. The maximum absolute atomic E-state index is 13.6. The van der Waals surface area contributed by atoms with Crippen LogP contribution in [0.1, 0.15) is 12.5 Å². The van der Waals surface area contributed by atoms with Gasteiger partial charge in [0, 0.05) is 11.3 Å². The Morgan fingerprint density at radius 3 is 2.62 bits per heavy atom. The van der Waals surface area contributed by atoms with E-state index in [9.17, 15) is 26.9 Å². The fraction of sp³-hybridized carbons (Fsp3) is 0.167. The Balaban J connectivity index is 3.08. The zero-order chi connectivity index (χ0) is 16.2. The molecule has 114 valence electrons. The molecule has 0 aliphatic heterocycles. The van der Waals surface area contributed by atoms with Crippen LogP contribution in [0.25, 0.3) is 0 Å². The molecule has 1 amide bonds. The molecule has 9 heteroatoms. The van der Waals surface area contributed by atoms with E-state index in [1.807, 2.05) is 0 Å². The molecule has 0 fully saturated rings. The first-order chi connectivity index (χ1) is 9.65. The first kappa shape index (κ1) is 17.2. The molecule has 0 aliphatic carbocycles. The van der Waals surface area contributed by atoms with Crippen LogP contribution in [-0.4, -0.2) is 22.3 Å². The van der Waals surface area contributed by atoms with Gasteiger partial charge in [0.25, 0.3) is 0 Å². The minimum absolute atomic E-state index is 0.00570. The first-order valence-corrected chi connectivity index (χ1v) is 6.58. The number of rotatable bonds is 4. The number of halogens is 4. The molecule has 1 aromatic carbocycles. The van der Waals surface area contributed by atoms with Crippen LogP contribution < -0.4 is 5.32 Å². The minimum atomic E-state index is -5.05. The van der Waals surface area contributed by atoms with E-state index >= 15 is 0 Å². The van der Waals surface area contributed by atoms with Gasteiger partial charge in [-0.25, -0.2) is 4.39 Å². The summed E-state index contributed by atoms with van der Waals surface area (Å²) in [5.41, 5.74) is -0.438. The lowest BCUT2D eigenvalue weighted by Gasteiger charge is -2.10. The van der Waals surface area contributed by atoms with E-state index in [1.165, 1.54) is 6.92 Å². The number of carbonyl (C=O) groups is 1. The van der Waals surface area contributed by atoms with E-state index in [-0.39, 0.29) is 17.0 Å². The largest absolute Gasteiger partial charge is 0.587 e. The normalized spacial score (nSPS) is 13.7. The molecule has 0 heterocycles. The quantitative estimate of drug-likeness (QED) is 0.526. The number of anilines is 1. The Kier molecular flexibility index (Phi) is 5.50. The molecule has 0 spiro atoms. The molecule has 0 aromatic heterocycles. The maximum atomic E-state index is 13.6. The van der Waals surface area contributed by atoms with Gasteiger partial charge in [-0.1, -0.05) is 4.40 Å². The van der Waals surface area contributed by atoms with Crippen molar-refractivity contribution in [1.29, 1.82) is 0 Å². The van der Waals surface area contributed by atoms with Gasteiger partial charge in [-0.05, 0) is 31.7 Å². The molecular weight excluding hydrogens is 312 g/mol. The van der Waals surface area contributed by atoms with E-state index in [1.54, 1.807) is 5.32 Å². The molecule has 0 radical (unpaired) electrons. The molecule has 1 atom stereocenters. The van der Waals surface area contributed by atoms with Gasteiger partial charge in [0.05, 0.1) is 5.71 Å². The van der Waals surface area contributed by atoms with E-state index < -0.39 is 29.3 Å².